The molecule has 0 radical (unpaired) electrons. The summed E-state index contributed by atoms with van der Waals surface area (Å²) in [6, 6.07) is 0.309. The lowest BCUT2D eigenvalue weighted by atomic mass is 9.82. The summed E-state index contributed by atoms with van der Waals surface area (Å²) in [4.78, 5) is 17.4. The van der Waals surface area contributed by atoms with E-state index in [-0.39, 0.29) is 17.6 Å². The van der Waals surface area contributed by atoms with Crippen LogP contribution in [0.2, 0.25) is 0 Å². The fourth-order valence-electron chi connectivity index (χ4n) is 4.68. The Balaban J connectivity index is 1.62. The summed E-state index contributed by atoms with van der Waals surface area (Å²) in [6.07, 6.45) is 7.13. The number of likely N-dealkylation sites (tertiary alicyclic amines) is 1. The molecule has 1 aliphatic carbocycles. The fourth-order valence-corrected chi connectivity index (χ4v) is 4.68. The first kappa shape index (κ1) is 18.2. The van der Waals surface area contributed by atoms with Gasteiger partial charge in [0.15, 0.2) is 0 Å². The van der Waals surface area contributed by atoms with Gasteiger partial charge in [-0.3, -0.25) is 14.6 Å². The van der Waals surface area contributed by atoms with Gasteiger partial charge in [-0.2, -0.15) is 0 Å². The molecular formula is C19H35N3O2. The first-order valence-electron chi connectivity index (χ1n) is 9.77. The second-order valence-electron chi connectivity index (χ2n) is 9.22. The van der Waals surface area contributed by atoms with Crippen molar-refractivity contribution in [3.8, 4) is 0 Å². The maximum Gasteiger partial charge on any atom is 0.241 e. The number of piperidine rings is 1. The first-order chi connectivity index (χ1) is 11.3. The predicted molar refractivity (Wildman–Crippen MR) is 95.6 cm³/mol. The molecule has 0 bridgehead atoms. The van der Waals surface area contributed by atoms with Crippen molar-refractivity contribution in [3.63, 3.8) is 0 Å². The van der Waals surface area contributed by atoms with Gasteiger partial charge in [0.2, 0.25) is 5.91 Å². The van der Waals surface area contributed by atoms with Gasteiger partial charge < -0.3 is 10.4 Å². The molecule has 0 aromatic carbocycles. The van der Waals surface area contributed by atoms with Crippen LogP contribution in [-0.2, 0) is 4.79 Å². The van der Waals surface area contributed by atoms with E-state index in [9.17, 15) is 9.90 Å². The zero-order valence-corrected chi connectivity index (χ0v) is 15.7. The summed E-state index contributed by atoms with van der Waals surface area (Å²) in [5.41, 5.74) is -0.0128. The van der Waals surface area contributed by atoms with E-state index in [0.717, 1.165) is 58.2 Å². The third kappa shape index (κ3) is 3.63. The third-order valence-electron chi connectivity index (χ3n) is 6.38. The van der Waals surface area contributed by atoms with Crippen LogP contribution >= 0.6 is 0 Å². The molecular weight excluding hydrogens is 302 g/mol. The van der Waals surface area contributed by atoms with Gasteiger partial charge in [-0.1, -0.05) is 33.6 Å². The molecule has 1 amide bonds. The lowest BCUT2D eigenvalue weighted by molar-refractivity contribution is -0.130. The quantitative estimate of drug-likeness (QED) is 0.826. The van der Waals surface area contributed by atoms with E-state index < -0.39 is 0 Å². The topological polar surface area (TPSA) is 55.8 Å². The minimum atomic E-state index is -0.304. The number of hydrogen-bond acceptors (Lipinski definition) is 4. The highest BCUT2D eigenvalue weighted by molar-refractivity contribution is 5.88. The molecule has 3 aliphatic rings. The number of aliphatic hydroxyl groups excluding tert-OH is 1. The smallest absolute Gasteiger partial charge is 0.241 e. The van der Waals surface area contributed by atoms with Gasteiger partial charge in [-0.15, -0.1) is 0 Å². The predicted octanol–water partition coefficient (Wildman–Crippen LogP) is 1.95. The summed E-state index contributed by atoms with van der Waals surface area (Å²) in [5.74, 6) is 0.222. The molecule has 2 heterocycles. The summed E-state index contributed by atoms with van der Waals surface area (Å²) in [5, 5.41) is 13.4. The molecule has 0 aromatic rings. The van der Waals surface area contributed by atoms with Gasteiger partial charge in [0.05, 0.1) is 12.8 Å². The standard InChI is InChI=1S/C19H35N3O2/c1-18(2,3)8-13-22-14-20-17(24)19(22)9-11-21(12-10-19)15-6-4-5-7-16(15)23/h15-16,23H,4-14H2,1-3H3,(H,20,24)/t15-,16-/m1/s1. The Kier molecular flexibility index (Phi) is 5.24. The first-order valence-corrected chi connectivity index (χ1v) is 9.77. The zero-order chi connectivity index (χ0) is 17.4. The Morgan fingerprint density at radius 2 is 1.88 bits per heavy atom. The Bertz CT molecular complexity index is 452. The van der Waals surface area contributed by atoms with Crippen molar-refractivity contribution >= 4 is 5.91 Å². The number of amides is 1. The van der Waals surface area contributed by atoms with Crippen LogP contribution in [-0.4, -0.2) is 64.8 Å². The Hall–Kier alpha value is -0.650. The molecule has 2 saturated heterocycles. The SMILES string of the molecule is CC(C)(C)CCN1CNC(=O)C12CCN([C@@H]1CCCC[C@H]1O)CC2. The van der Waals surface area contributed by atoms with Crippen LogP contribution in [0.1, 0.15) is 65.7 Å². The van der Waals surface area contributed by atoms with Crippen LogP contribution < -0.4 is 5.32 Å². The maximum atomic E-state index is 12.6. The highest BCUT2D eigenvalue weighted by Crippen LogP contribution is 2.36. The summed E-state index contributed by atoms with van der Waals surface area (Å²) in [7, 11) is 0. The van der Waals surface area contributed by atoms with E-state index >= 15 is 0 Å². The van der Waals surface area contributed by atoms with Crippen LogP contribution in [0.15, 0.2) is 0 Å². The number of nitrogens with one attached hydrogen (secondary N) is 1. The van der Waals surface area contributed by atoms with Crippen LogP contribution in [0.4, 0.5) is 0 Å². The monoisotopic (exact) mass is 337 g/mol. The van der Waals surface area contributed by atoms with Crippen molar-refractivity contribution in [2.45, 2.75) is 83.4 Å². The van der Waals surface area contributed by atoms with Crippen LogP contribution in [0.25, 0.3) is 0 Å². The average molecular weight is 338 g/mol. The minimum Gasteiger partial charge on any atom is -0.391 e. The molecule has 1 saturated carbocycles. The van der Waals surface area contributed by atoms with Gasteiger partial charge in [0.1, 0.15) is 5.54 Å². The van der Waals surface area contributed by atoms with E-state index in [1.54, 1.807) is 0 Å². The zero-order valence-electron chi connectivity index (χ0n) is 15.7. The van der Waals surface area contributed by atoms with Crippen molar-refractivity contribution in [1.29, 1.82) is 0 Å². The van der Waals surface area contributed by atoms with Crippen molar-refractivity contribution in [2.75, 3.05) is 26.3 Å². The number of nitrogens with zero attached hydrogens (tertiary/aromatic N) is 2. The number of aliphatic hydroxyl groups is 1. The van der Waals surface area contributed by atoms with Crippen molar-refractivity contribution < 1.29 is 9.90 Å². The van der Waals surface area contributed by atoms with Crippen LogP contribution in [0.5, 0.6) is 0 Å². The highest BCUT2D eigenvalue weighted by Gasteiger charge is 2.50. The third-order valence-corrected chi connectivity index (χ3v) is 6.38. The fraction of sp³-hybridized carbons (Fsp3) is 0.947. The Morgan fingerprint density at radius 1 is 1.21 bits per heavy atom. The second kappa shape index (κ2) is 6.93. The summed E-state index contributed by atoms with van der Waals surface area (Å²) >= 11 is 0. The lowest BCUT2D eigenvalue weighted by Crippen LogP contribution is -2.59. The van der Waals surface area contributed by atoms with Crippen LogP contribution in [0, 0.1) is 5.41 Å². The van der Waals surface area contributed by atoms with E-state index in [0.29, 0.717) is 18.1 Å². The molecule has 138 valence electrons. The van der Waals surface area contributed by atoms with Gasteiger partial charge in [-0.25, -0.2) is 0 Å². The number of rotatable bonds is 3. The Labute approximate surface area is 146 Å². The number of carbonyl (C=O) groups is 1. The van der Waals surface area contributed by atoms with E-state index in [1.807, 2.05) is 0 Å². The largest absolute Gasteiger partial charge is 0.391 e. The summed E-state index contributed by atoms with van der Waals surface area (Å²) in [6.45, 7) is 10.3. The summed E-state index contributed by atoms with van der Waals surface area (Å²) < 4.78 is 0. The van der Waals surface area contributed by atoms with E-state index in [4.69, 9.17) is 0 Å². The molecule has 1 spiro atoms. The molecule has 5 nitrogen and oxygen atoms in total. The number of carbonyl (C=O) groups excluding carboxylic acids is 1. The molecule has 5 heteroatoms. The maximum absolute atomic E-state index is 12.6. The average Bonchev–Trinajstić information content (AvgIpc) is 2.83. The van der Waals surface area contributed by atoms with E-state index in [1.165, 1.54) is 6.42 Å². The molecule has 24 heavy (non-hydrogen) atoms. The van der Waals surface area contributed by atoms with Gasteiger partial charge >= 0.3 is 0 Å². The van der Waals surface area contributed by atoms with Crippen molar-refractivity contribution in [3.05, 3.63) is 0 Å². The lowest BCUT2D eigenvalue weighted by Gasteiger charge is -2.47. The molecule has 2 aliphatic heterocycles. The highest BCUT2D eigenvalue weighted by atomic mass is 16.3. The van der Waals surface area contributed by atoms with E-state index in [2.05, 4.69) is 35.9 Å². The molecule has 2 atom stereocenters. The number of hydrogen-bond donors (Lipinski definition) is 2. The normalized spacial score (nSPS) is 32.2. The molecule has 0 aromatic heterocycles. The van der Waals surface area contributed by atoms with Crippen LogP contribution in [0.3, 0.4) is 0 Å². The van der Waals surface area contributed by atoms with Crippen molar-refractivity contribution in [2.24, 2.45) is 5.41 Å². The van der Waals surface area contributed by atoms with Gasteiger partial charge in [0, 0.05) is 25.7 Å². The minimum absolute atomic E-state index is 0.179. The Morgan fingerprint density at radius 3 is 2.50 bits per heavy atom. The molecule has 2 N–H and O–H groups in total. The molecule has 3 rings (SSSR count). The van der Waals surface area contributed by atoms with Gasteiger partial charge in [-0.05, 0) is 37.5 Å². The molecule has 3 fully saturated rings. The van der Waals surface area contributed by atoms with Crippen molar-refractivity contribution in [1.82, 2.24) is 15.1 Å². The second-order valence-corrected chi connectivity index (χ2v) is 9.22. The van der Waals surface area contributed by atoms with Gasteiger partial charge in [0.25, 0.3) is 0 Å². The molecule has 0 unspecified atom stereocenters.